The molecule has 0 unspecified atom stereocenters. The van der Waals surface area contributed by atoms with E-state index in [-0.39, 0.29) is 33.0 Å². The van der Waals surface area contributed by atoms with Crippen LogP contribution in [0.25, 0.3) is 21.9 Å². The topological polar surface area (TPSA) is 83.8 Å². The maximum Gasteiger partial charge on any atom is 0.336 e. The van der Waals surface area contributed by atoms with Crippen molar-refractivity contribution in [1.82, 2.24) is 0 Å². The number of hydrogen-bond acceptors (Lipinski definition) is 3. The standard InChI is InChI=1S/C20H15FO5/c1-10-16(26-2)8-7-13(17(10)19(22)23)14-9-15(21)11-5-3-4-6-12(11)18(14)20(24)25/h3-9H,1-2H3,(H,22,23)(H,24,25). The summed E-state index contributed by atoms with van der Waals surface area (Å²) in [6, 6.07) is 10.2. The van der Waals surface area contributed by atoms with Crippen molar-refractivity contribution in [2.45, 2.75) is 6.92 Å². The van der Waals surface area contributed by atoms with Gasteiger partial charge in [0.15, 0.2) is 0 Å². The van der Waals surface area contributed by atoms with E-state index in [0.717, 1.165) is 6.07 Å². The van der Waals surface area contributed by atoms with Gasteiger partial charge in [0, 0.05) is 16.5 Å². The number of carboxylic acid groups (broad SMARTS) is 2. The predicted octanol–water partition coefficient (Wildman–Crippen LogP) is 4.36. The Labute approximate surface area is 148 Å². The number of ether oxygens (including phenoxy) is 1. The molecule has 0 saturated heterocycles. The fourth-order valence-corrected chi connectivity index (χ4v) is 3.19. The maximum atomic E-state index is 14.6. The molecule has 0 heterocycles. The second-order valence-electron chi connectivity index (χ2n) is 5.75. The average Bonchev–Trinajstić information content (AvgIpc) is 2.60. The van der Waals surface area contributed by atoms with Crippen LogP contribution in [0.5, 0.6) is 5.75 Å². The molecule has 0 bridgehead atoms. The molecule has 0 aliphatic carbocycles. The lowest BCUT2D eigenvalue weighted by Gasteiger charge is -2.16. The van der Waals surface area contributed by atoms with E-state index >= 15 is 0 Å². The fourth-order valence-electron chi connectivity index (χ4n) is 3.19. The summed E-state index contributed by atoms with van der Waals surface area (Å²) in [7, 11) is 1.41. The molecule has 0 saturated carbocycles. The van der Waals surface area contributed by atoms with E-state index in [1.165, 1.54) is 31.4 Å². The van der Waals surface area contributed by atoms with Crippen LogP contribution < -0.4 is 4.74 Å². The van der Waals surface area contributed by atoms with Gasteiger partial charge in [-0.3, -0.25) is 0 Å². The number of carboxylic acids is 2. The Hall–Kier alpha value is -3.41. The Kier molecular flexibility index (Phi) is 4.34. The van der Waals surface area contributed by atoms with Crippen molar-refractivity contribution in [1.29, 1.82) is 0 Å². The van der Waals surface area contributed by atoms with E-state index in [1.807, 2.05) is 0 Å². The van der Waals surface area contributed by atoms with Gasteiger partial charge in [0.2, 0.25) is 0 Å². The second kappa shape index (κ2) is 6.48. The minimum Gasteiger partial charge on any atom is -0.496 e. The van der Waals surface area contributed by atoms with Crippen molar-refractivity contribution < 1.29 is 28.9 Å². The smallest absolute Gasteiger partial charge is 0.336 e. The van der Waals surface area contributed by atoms with Crippen LogP contribution in [0.3, 0.4) is 0 Å². The number of methoxy groups -OCH3 is 1. The van der Waals surface area contributed by atoms with Crippen LogP contribution in [0.4, 0.5) is 4.39 Å². The molecule has 3 aromatic carbocycles. The zero-order chi connectivity index (χ0) is 19.0. The van der Waals surface area contributed by atoms with Crippen molar-refractivity contribution in [2.75, 3.05) is 7.11 Å². The highest BCUT2D eigenvalue weighted by Gasteiger charge is 2.24. The maximum absolute atomic E-state index is 14.6. The molecule has 0 aromatic heterocycles. The molecule has 0 amide bonds. The first kappa shape index (κ1) is 17.4. The van der Waals surface area contributed by atoms with E-state index in [0.29, 0.717) is 11.3 Å². The monoisotopic (exact) mass is 354 g/mol. The van der Waals surface area contributed by atoms with E-state index in [4.69, 9.17) is 4.74 Å². The highest BCUT2D eigenvalue weighted by Crippen LogP contribution is 2.37. The van der Waals surface area contributed by atoms with E-state index in [1.54, 1.807) is 19.1 Å². The Bertz CT molecular complexity index is 1060. The number of benzene rings is 3. The molecule has 3 rings (SSSR count). The average molecular weight is 354 g/mol. The summed E-state index contributed by atoms with van der Waals surface area (Å²) in [5.74, 6) is -2.78. The lowest BCUT2D eigenvalue weighted by molar-refractivity contribution is 0.0684. The highest BCUT2D eigenvalue weighted by molar-refractivity contribution is 6.11. The molecular formula is C20H15FO5. The van der Waals surface area contributed by atoms with E-state index < -0.39 is 17.8 Å². The molecule has 0 aliphatic rings. The zero-order valence-electron chi connectivity index (χ0n) is 14.0. The Morgan fingerprint density at radius 2 is 1.54 bits per heavy atom. The molecule has 5 nitrogen and oxygen atoms in total. The molecule has 6 heteroatoms. The first-order valence-electron chi connectivity index (χ1n) is 7.72. The molecule has 132 valence electrons. The van der Waals surface area contributed by atoms with Gasteiger partial charge in [-0.25, -0.2) is 14.0 Å². The van der Waals surface area contributed by atoms with Crippen molar-refractivity contribution in [3.8, 4) is 16.9 Å². The third kappa shape index (κ3) is 2.65. The van der Waals surface area contributed by atoms with Crippen LogP contribution in [-0.4, -0.2) is 29.3 Å². The molecular weight excluding hydrogens is 339 g/mol. The van der Waals surface area contributed by atoms with Gasteiger partial charge in [-0.1, -0.05) is 24.3 Å². The second-order valence-corrected chi connectivity index (χ2v) is 5.75. The van der Waals surface area contributed by atoms with Crippen molar-refractivity contribution in [3.63, 3.8) is 0 Å². The molecule has 0 fully saturated rings. The van der Waals surface area contributed by atoms with Crippen LogP contribution in [0.1, 0.15) is 26.3 Å². The SMILES string of the molecule is COc1ccc(-c2cc(F)c3ccccc3c2C(=O)O)c(C(=O)O)c1C. The number of carbonyl (C=O) groups is 2. The quantitative estimate of drug-likeness (QED) is 0.727. The molecule has 0 radical (unpaired) electrons. The summed E-state index contributed by atoms with van der Waals surface area (Å²) in [5, 5.41) is 19.7. The lowest BCUT2D eigenvalue weighted by Crippen LogP contribution is -2.08. The third-order valence-electron chi connectivity index (χ3n) is 4.35. The Morgan fingerprint density at radius 3 is 2.12 bits per heavy atom. The normalized spacial score (nSPS) is 10.7. The lowest BCUT2D eigenvalue weighted by atomic mass is 9.89. The summed E-state index contributed by atoms with van der Waals surface area (Å²) >= 11 is 0. The summed E-state index contributed by atoms with van der Waals surface area (Å²) in [5.41, 5.74) is 0.202. The van der Waals surface area contributed by atoms with Gasteiger partial charge in [0.25, 0.3) is 0 Å². The van der Waals surface area contributed by atoms with E-state index in [9.17, 15) is 24.2 Å². The molecule has 0 atom stereocenters. The minimum absolute atomic E-state index is 0.0110. The molecule has 26 heavy (non-hydrogen) atoms. The minimum atomic E-state index is -1.26. The Morgan fingerprint density at radius 1 is 0.923 bits per heavy atom. The van der Waals surface area contributed by atoms with Crippen LogP contribution in [0.15, 0.2) is 42.5 Å². The first-order chi connectivity index (χ1) is 12.4. The number of hydrogen-bond donors (Lipinski definition) is 2. The number of halogens is 1. The van der Waals surface area contributed by atoms with Gasteiger partial charge in [-0.15, -0.1) is 0 Å². The predicted molar refractivity (Wildman–Crippen MR) is 94.5 cm³/mol. The fraction of sp³-hybridized carbons (Fsp3) is 0.100. The summed E-state index contributed by atoms with van der Waals surface area (Å²) in [6.07, 6.45) is 0. The zero-order valence-corrected chi connectivity index (χ0v) is 14.0. The summed E-state index contributed by atoms with van der Waals surface area (Å²) in [4.78, 5) is 23.7. The van der Waals surface area contributed by atoms with Crippen molar-refractivity contribution >= 4 is 22.7 Å². The Balaban J connectivity index is 2.47. The van der Waals surface area contributed by atoms with E-state index in [2.05, 4.69) is 0 Å². The van der Waals surface area contributed by atoms with Crippen molar-refractivity contribution in [3.05, 3.63) is 65.0 Å². The molecule has 0 aliphatic heterocycles. The van der Waals surface area contributed by atoms with Crippen LogP contribution in [0, 0.1) is 12.7 Å². The third-order valence-corrected chi connectivity index (χ3v) is 4.35. The van der Waals surface area contributed by atoms with Crippen LogP contribution in [0.2, 0.25) is 0 Å². The summed E-state index contributed by atoms with van der Waals surface area (Å²) < 4.78 is 19.7. The molecule has 3 aromatic rings. The van der Waals surface area contributed by atoms with Crippen molar-refractivity contribution in [2.24, 2.45) is 0 Å². The number of aromatic carboxylic acids is 2. The first-order valence-corrected chi connectivity index (χ1v) is 7.72. The number of fused-ring (bicyclic) bond motifs is 1. The highest BCUT2D eigenvalue weighted by atomic mass is 19.1. The van der Waals surface area contributed by atoms with Gasteiger partial charge < -0.3 is 14.9 Å². The number of rotatable bonds is 4. The van der Waals surface area contributed by atoms with Gasteiger partial charge in [0.05, 0.1) is 18.2 Å². The van der Waals surface area contributed by atoms with Gasteiger partial charge in [-0.2, -0.15) is 0 Å². The summed E-state index contributed by atoms with van der Waals surface area (Å²) in [6.45, 7) is 1.56. The van der Waals surface area contributed by atoms with Gasteiger partial charge in [-0.05, 0) is 36.1 Å². The molecule has 0 spiro atoms. The van der Waals surface area contributed by atoms with Gasteiger partial charge >= 0.3 is 11.9 Å². The van der Waals surface area contributed by atoms with Crippen LogP contribution in [-0.2, 0) is 0 Å². The van der Waals surface area contributed by atoms with Crippen LogP contribution >= 0.6 is 0 Å². The van der Waals surface area contributed by atoms with Gasteiger partial charge in [0.1, 0.15) is 11.6 Å². The largest absolute Gasteiger partial charge is 0.496 e. The molecule has 2 N–H and O–H groups in total.